The van der Waals surface area contributed by atoms with Gasteiger partial charge in [-0.25, -0.2) is 0 Å². The average Bonchev–Trinajstić information content (AvgIpc) is 2.79. The lowest BCUT2D eigenvalue weighted by molar-refractivity contribution is -0.253. The highest BCUT2D eigenvalue weighted by atomic mass is 19.4. The van der Waals surface area contributed by atoms with Crippen LogP contribution in [0.15, 0.2) is 42.5 Å². The Morgan fingerprint density at radius 1 is 1.00 bits per heavy atom. The largest absolute Gasteiger partial charge is 0.461 e. The predicted molar refractivity (Wildman–Crippen MR) is 113 cm³/mol. The number of likely N-dealkylation sites (tertiary alicyclic amines) is 1. The van der Waals surface area contributed by atoms with Crippen LogP contribution in [0.4, 0.5) is 30.7 Å². The van der Waals surface area contributed by atoms with Gasteiger partial charge in [-0.05, 0) is 60.6 Å². The minimum atomic E-state index is -4.92. The third-order valence-corrected chi connectivity index (χ3v) is 5.72. The third kappa shape index (κ3) is 6.87. The van der Waals surface area contributed by atoms with Crippen LogP contribution in [0.25, 0.3) is 0 Å². The zero-order valence-corrected chi connectivity index (χ0v) is 18.5. The van der Waals surface area contributed by atoms with E-state index in [2.05, 4.69) is 4.74 Å². The first-order chi connectivity index (χ1) is 16.4. The molecule has 0 saturated carbocycles. The molecule has 0 spiro atoms. The molecule has 35 heavy (non-hydrogen) atoms. The molecule has 1 aliphatic heterocycles. The molecule has 1 atom stereocenters. The first-order valence-electron chi connectivity index (χ1n) is 11.0. The molecule has 1 N–H and O–H groups in total. The zero-order chi connectivity index (χ0) is 25.8. The summed E-state index contributed by atoms with van der Waals surface area (Å²) < 4.78 is 95.1. The summed E-state index contributed by atoms with van der Waals surface area (Å²) in [6, 6.07) is 9.19. The quantitative estimate of drug-likeness (QED) is 0.473. The van der Waals surface area contributed by atoms with E-state index in [1.807, 2.05) is 0 Å². The van der Waals surface area contributed by atoms with Gasteiger partial charge in [-0.3, -0.25) is 4.79 Å². The molecule has 1 saturated heterocycles. The fraction of sp³-hybridized carbons (Fsp3) is 0.458. The molecule has 2 aromatic rings. The van der Waals surface area contributed by atoms with Crippen molar-refractivity contribution in [2.24, 2.45) is 0 Å². The lowest BCUT2D eigenvalue weighted by atomic mass is 9.91. The molecule has 0 radical (unpaired) electrons. The van der Waals surface area contributed by atoms with Gasteiger partial charge in [0.15, 0.2) is 6.10 Å². The lowest BCUT2D eigenvalue weighted by Crippen LogP contribution is -2.37. The van der Waals surface area contributed by atoms with Crippen molar-refractivity contribution in [2.75, 3.05) is 13.1 Å². The number of piperidine rings is 1. The van der Waals surface area contributed by atoms with Crippen LogP contribution in [0.2, 0.25) is 0 Å². The smallest absolute Gasteiger partial charge is 0.428 e. The monoisotopic (exact) mass is 507 g/mol. The highest BCUT2D eigenvalue weighted by molar-refractivity contribution is 5.96. The number of ether oxygens (including phenoxy) is 1. The predicted octanol–water partition coefficient (Wildman–Crippen LogP) is 5.61. The number of benzene rings is 2. The van der Waals surface area contributed by atoms with Crippen molar-refractivity contribution in [1.29, 1.82) is 0 Å². The van der Waals surface area contributed by atoms with E-state index in [1.165, 1.54) is 30.3 Å². The summed E-state index contributed by atoms with van der Waals surface area (Å²) in [4.78, 5) is 14.7. The summed E-state index contributed by atoms with van der Waals surface area (Å²) in [5.41, 5.74) is 0.535. The van der Waals surface area contributed by atoms with Gasteiger partial charge in [0.25, 0.3) is 5.91 Å². The first kappa shape index (κ1) is 26.8. The molecule has 1 amide bonds. The number of alkyl halides is 7. The van der Waals surface area contributed by atoms with E-state index < -0.39 is 42.9 Å². The Labute approximate surface area is 197 Å². The maximum atomic E-state index is 13.3. The number of aliphatic hydroxyl groups is 1. The standard InChI is InChI=1S/C24H24F7NO3/c25-22(26)24(30,31)35-17-8-4-6-15(13-17)12-16-7-5-9-18(19(16)14-20(33)23(27,28)29)21(34)32-10-2-1-3-11-32/h4-9,13,20,22,33H,1-3,10-12,14H2. The number of aliphatic hydroxyl groups excluding tert-OH is 1. The molecule has 1 fully saturated rings. The number of amides is 1. The van der Waals surface area contributed by atoms with E-state index >= 15 is 0 Å². The average molecular weight is 507 g/mol. The van der Waals surface area contributed by atoms with Crippen LogP contribution in [-0.4, -0.2) is 53.8 Å². The second-order valence-corrected chi connectivity index (χ2v) is 8.35. The molecule has 3 rings (SSSR count). The normalized spacial score (nSPS) is 15.9. The van der Waals surface area contributed by atoms with Crippen LogP contribution in [0.5, 0.6) is 5.75 Å². The van der Waals surface area contributed by atoms with Crippen LogP contribution in [0, 0.1) is 0 Å². The molecular formula is C24H24F7NO3. The maximum absolute atomic E-state index is 13.3. The molecule has 11 heteroatoms. The Morgan fingerprint density at radius 2 is 1.66 bits per heavy atom. The van der Waals surface area contributed by atoms with Gasteiger partial charge in [-0.1, -0.05) is 24.3 Å². The van der Waals surface area contributed by atoms with Crippen molar-refractivity contribution in [3.63, 3.8) is 0 Å². The van der Waals surface area contributed by atoms with Gasteiger partial charge in [0.1, 0.15) is 5.75 Å². The highest BCUT2D eigenvalue weighted by Gasteiger charge is 2.44. The van der Waals surface area contributed by atoms with Crippen molar-refractivity contribution in [1.82, 2.24) is 4.90 Å². The fourth-order valence-electron chi connectivity index (χ4n) is 3.96. The molecule has 0 bridgehead atoms. The summed E-state index contributed by atoms with van der Waals surface area (Å²) in [7, 11) is 0. The van der Waals surface area contributed by atoms with E-state index in [0.717, 1.165) is 31.4 Å². The van der Waals surface area contributed by atoms with Gasteiger partial charge >= 0.3 is 18.7 Å². The number of carbonyl (C=O) groups is 1. The minimum Gasteiger partial charge on any atom is -0.428 e. The van der Waals surface area contributed by atoms with Gasteiger partial charge in [0, 0.05) is 25.1 Å². The topological polar surface area (TPSA) is 49.8 Å². The summed E-state index contributed by atoms with van der Waals surface area (Å²) >= 11 is 0. The van der Waals surface area contributed by atoms with Crippen molar-refractivity contribution in [3.8, 4) is 5.75 Å². The van der Waals surface area contributed by atoms with Gasteiger partial charge in [-0.15, -0.1) is 0 Å². The fourth-order valence-corrected chi connectivity index (χ4v) is 3.96. The second-order valence-electron chi connectivity index (χ2n) is 8.35. The van der Waals surface area contributed by atoms with Crippen molar-refractivity contribution < 1.29 is 45.4 Å². The molecule has 0 aromatic heterocycles. The Bertz CT molecular complexity index is 1020. The lowest BCUT2D eigenvalue weighted by Gasteiger charge is -2.28. The number of nitrogens with zero attached hydrogens (tertiary/aromatic N) is 1. The molecule has 1 aliphatic rings. The number of hydrogen-bond donors (Lipinski definition) is 1. The Morgan fingerprint density at radius 3 is 2.29 bits per heavy atom. The molecule has 4 nitrogen and oxygen atoms in total. The Kier molecular flexibility index (Phi) is 8.30. The van der Waals surface area contributed by atoms with Gasteiger partial charge in [-0.2, -0.15) is 30.7 Å². The molecule has 192 valence electrons. The van der Waals surface area contributed by atoms with Gasteiger partial charge < -0.3 is 14.7 Å². The zero-order valence-electron chi connectivity index (χ0n) is 18.5. The molecule has 2 aromatic carbocycles. The number of hydrogen-bond acceptors (Lipinski definition) is 3. The van der Waals surface area contributed by atoms with E-state index in [4.69, 9.17) is 0 Å². The van der Waals surface area contributed by atoms with Gasteiger partial charge in [0.2, 0.25) is 0 Å². The van der Waals surface area contributed by atoms with Crippen molar-refractivity contribution in [3.05, 3.63) is 64.7 Å². The van der Waals surface area contributed by atoms with Crippen molar-refractivity contribution in [2.45, 2.75) is 56.9 Å². The molecule has 1 heterocycles. The van der Waals surface area contributed by atoms with E-state index in [1.54, 1.807) is 4.90 Å². The summed E-state index contributed by atoms with van der Waals surface area (Å²) in [6.45, 7) is 0.921. The molecular weight excluding hydrogens is 483 g/mol. The second kappa shape index (κ2) is 10.8. The number of carbonyl (C=O) groups excluding carboxylic acids is 1. The molecule has 0 aliphatic carbocycles. The summed E-state index contributed by atoms with van der Waals surface area (Å²) in [6.07, 6.45) is -15.0. The molecule has 1 unspecified atom stereocenters. The third-order valence-electron chi connectivity index (χ3n) is 5.72. The van der Waals surface area contributed by atoms with E-state index in [0.29, 0.717) is 13.1 Å². The van der Waals surface area contributed by atoms with Gasteiger partial charge in [0.05, 0.1) is 0 Å². The maximum Gasteiger partial charge on any atom is 0.461 e. The van der Waals surface area contributed by atoms with E-state index in [9.17, 15) is 40.6 Å². The van der Waals surface area contributed by atoms with Crippen LogP contribution in [0.1, 0.15) is 46.3 Å². The first-order valence-corrected chi connectivity index (χ1v) is 11.0. The van der Waals surface area contributed by atoms with Crippen LogP contribution >= 0.6 is 0 Å². The summed E-state index contributed by atoms with van der Waals surface area (Å²) in [5, 5.41) is 9.75. The highest BCUT2D eigenvalue weighted by Crippen LogP contribution is 2.31. The number of rotatable bonds is 8. The van der Waals surface area contributed by atoms with Crippen molar-refractivity contribution >= 4 is 5.91 Å². The van der Waals surface area contributed by atoms with Crippen LogP contribution < -0.4 is 4.74 Å². The summed E-state index contributed by atoms with van der Waals surface area (Å²) in [5.74, 6) is -1.00. The SMILES string of the molecule is O=C(c1cccc(Cc2cccc(OC(F)(F)C(F)F)c2)c1CC(O)C(F)(F)F)N1CCCCC1. The van der Waals surface area contributed by atoms with Crippen LogP contribution in [-0.2, 0) is 12.8 Å². The minimum absolute atomic E-state index is 0.0165. The van der Waals surface area contributed by atoms with E-state index in [-0.39, 0.29) is 28.7 Å². The number of halogens is 7. The van der Waals surface area contributed by atoms with Crippen LogP contribution in [0.3, 0.4) is 0 Å². The Hall–Kier alpha value is -2.82. The Balaban J connectivity index is 1.95.